The smallest absolute Gasteiger partial charge is 0.308 e. The van der Waals surface area contributed by atoms with Crippen molar-refractivity contribution in [3.63, 3.8) is 0 Å². The number of unbranched alkanes of at least 4 members (excludes halogenated alkanes) is 28. The number of aliphatic hydroxyl groups excluding tert-OH is 2. The van der Waals surface area contributed by atoms with E-state index in [1.807, 2.05) is 0 Å². The molecule has 416 valence electrons. The zero-order valence-electron chi connectivity index (χ0n) is 44.0. The number of esters is 3. The Morgan fingerprint density at radius 1 is 0.611 bits per heavy atom. The van der Waals surface area contributed by atoms with Gasteiger partial charge >= 0.3 is 17.9 Å². The summed E-state index contributed by atoms with van der Waals surface area (Å²) in [5, 5.41) is 24.7. The highest BCUT2D eigenvalue weighted by Crippen LogP contribution is 2.27. The lowest BCUT2D eigenvalue weighted by atomic mass is 9.99. The molecule has 1 amide bonds. The van der Waals surface area contributed by atoms with Crippen LogP contribution in [0.15, 0.2) is 24.3 Å². The van der Waals surface area contributed by atoms with Gasteiger partial charge in [-0.3, -0.25) is 19.2 Å². The number of carbonyl (C=O) groups excluding carboxylic acids is 4. The first kappa shape index (κ1) is 65.7. The van der Waals surface area contributed by atoms with Crippen LogP contribution in [0.3, 0.4) is 0 Å². The van der Waals surface area contributed by atoms with Crippen LogP contribution in [-0.2, 0) is 48.2 Å². The molecule has 0 aromatic heterocycles. The van der Waals surface area contributed by atoms with Gasteiger partial charge in [0.15, 0.2) is 18.5 Å². The number of benzene rings is 1. The maximum atomic E-state index is 13.1. The zero-order chi connectivity index (χ0) is 52.7. The maximum Gasteiger partial charge on any atom is 0.308 e. The van der Waals surface area contributed by atoms with Crippen LogP contribution < -0.4 is 5.32 Å². The lowest BCUT2D eigenvalue weighted by Crippen LogP contribution is -2.61. The number of aliphatic hydroxyl groups is 2. The first-order valence-electron chi connectivity index (χ1n) is 27.9. The van der Waals surface area contributed by atoms with Gasteiger partial charge in [0.1, 0.15) is 24.9 Å². The predicted octanol–water partition coefficient (Wildman–Crippen LogP) is 11.3. The van der Waals surface area contributed by atoms with Gasteiger partial charge in [-0.15, -0.1) is 0 Å². The summed E-state index contributed by atoms with van der Waals surface area (Å²) in [6.45, 7) is 3.45. The summed E-state index contributed by atoms with van der Waals surface area (Å²) in [4.78, 5) is 51.2. The standard InChI is InChI=1S/C55H94INO14S/c1-3-5-7-9-11-13-15-17-19-21-23-25-27-29-31-33-48(58)67-41-46(69-49(59)34-32-30-28-26-24-22-20-18-16-14-12-10-8-6-4-2)42-68-55-52(62)51(61)53(47(70-55)43-72(64,65)66)71-50(60)39-40-57-54(63)44-35-37-45(56)38-36-44/h35-38,46-47,51-53,55,61-62H,3-34,39-43H2,1-2H3,(H,57,63)(H,64,65,66)/p-1. The zero-order valence-corrected chi connectivity index (χ0v) is 47.0. The maximum absolute atomic E-state index is 13.1. The molecule has 6 atom stereocenters. The van der Waals surface area contributed by atoms with Gasteiger partial charge in [-0.05, 0) is 59.7 Å². The minimum Gasteiger partial charge on any atom is -0.748 e. The number of nitrogens with one attached hydrogen (secondary N) is 1. The number of hydrogen-bond donors (Lipinski definition) is 3. The second-order valence-corrected chi connectivity index (χ2v) is 22.4. The van der Waals surface area contributed by atoms with E-state index < -0.39 is 89.5 Å². The highest BCUT2D eigenvalue weighted by atomic mass is 127. The quantitative estimate of drug-likeness (QED) is 0.0182. The Bertz CT molecular complexity index is 1680. The molecule has 1 aromatic carbocycles. The van der Waals surface area contributed by atoms with E-state index in [1.165, 1.54) is 135 Å². The molecule has 1 fully saturated rings. The van der Waals surface area contributed by atoms with Crippen molar-refractivity contribution in [2.45, 2.75) is 263 Å². The molecule has 3 N–H and O–H groups in total. The third kappa shape index (κ3) is 33.5. The summed E-state index contributed by atoms with van der Waals surface area (Å²) in [5.41, 5.74) is 0.362. The third-order valence-corrected chi connectivity index (χ3v) is 14.6. The first-order valence-corrected chi connectivity index (χ1v) is 30.5. The van der Waals surface area contributed by atoms with E-state index in [0.717, 1.165) is 48.5 Å². The van der Waals surface area contributed by atoms with Crippen LogP contribution >= 0.6 is 22.6 Å². The van der Waals surface area contributed by atoms with E-state index in [2.05, 4.69) is 41.8 Å². The second-order valence-electron chi connectivity index (χ2n) is 19.7. The molecule has 6 unspecified atom stereocenters. The Morgan fingerprint density at radius 2 is 1.04 bits per heavy atom. The molecule has 1 aliphatic rings. The van der Waals surface area contributed by atoms with E-state index in [9.17, 15) is 42.4 Å². The lowest BCUT2D eigenvalue weighted by molar-refractivity contribution is -0.299. The molecular weight excluding hydrogens is 1060 g/mol. The molecule has 0 radical (unpaired) electrons. The average molecular weight is 1150 g/mol. The Balaban J connectivity index is 1.87. The number of hydrogen-bond acceptors (Lipinski definition) is 14. The van der Waals surface area contributed by atoms with Crippen LogP contribution in [0.1, 0.15) is 236 Å². The Labute approximate surface area is 447 Å². The van der Waals surface area contributed by atoms with Gasteiger partial charge in [0.25, 0.3) is 5.91 Å². The van der Waals surface area contributed by atoms with Crippen LogP contribution in [-0.4, -0.2) is 109 Å². The van der Waals surface area contributed by atoms with Crippen molar-refractivity contribution in [1.29, 1.82) is 0 Å². The number of ether oxygens (including phenoxy) is 5. The highest BCUT2D eigenvalue weighted by molar-refractivity contribution is 14.1. The Morgan fingerprint density at radius 3 is 1.49 bits per heavy atom. The Hall–Kier alpha value is -2.42. The number of rotatable bonds is 45. The summed E-state index contributed by atoms with van der Waals surface area (Å²) in [6.07, 6.45) is 25.2. The van der Waals surface area contributed by atoms with Gasteiger partial charge in [-0.25, -0.2) is 8.42 Å². The fraction of sp³-hybridized carbons (Fsp3) is 0.818. The van der Waals surface area contributed by atoms with E-state index in [4.69, 9.17) is 23.7 Å². The summed E-state index contributed by atoms with van der Waals surface area (Å²) in [5.74, 6) is -3.68. The lowest BCUT2D eigenvalue weighted by Gasteiger charge is -2.42. The molecule has 0 spiro atoms. The second kappa shape index (κ2) is 41.8. The largest absolute Gasteiger partial charge is 0.748 e. The molecule has 17 heteroatoms. The van der Waals surface area contributed by atoms with Crippen molar-refractivity contribution in [3.05, 3.63) is 33.4 Å². The van der Waals surface area contributed by atoms with E-state index in [-0.39, 0.29) is 26.0 Å². The minimum absolute atomic E-state index is 0.120. The van der Waals surface area contributed by atoms with Crippen molar-refractivity contribution >= 4 is 56.5 Å². The molecule has 0 aliphatic carbocycles. The van der Waals surface area contributed by atoms with Crippen LogP contribution in [0.4, 0.5) is 0 Å². The molecule has 72 heavy (non-hydrogen) atoms. The normalized spacial score (nSPS) is 18.4. The monoisotopic (exact) mass is 1150 g/mol. The Kier molecular flexibility index (Phi) is 38.1. The number of carbonyl (C=O) groups is 4. The van der Waals surface area contributed by atoms with E-state index in [1.54, 1.807) is 24.3 Å². The van der Waals surface area contributed by atoms with Gasteiger partial charge < -0.3 is 43.8 Å². The van der Waals surface area contributed by atoms with Crippen LogP contribution in [0.25, 0.3) is 0 Å². The SMILES string of the molecule is CCCCCCCCCCCCCCCCCC(=O)OCC(COC1OC(CS(=O)(=O)[O-])C(OC(=O)CCNC(=O)c2ccc(I)cc2)C(O)C1O)OC(=O)CCCCCCCCCCCCCCCCC. The molecule has 0 saturated carbocycles. The molecule has 1 aliphatic heterocycles. The fourth-order valence-corrected chi connectivity index (χ4v) is 9.85. The molecule has 15 nitrogen and oxygen atoms in total. The molecule has 0 bridgehead atoms. The molecule has 1 saturated heterocycles. The van der Waals surface area contributed by atoms with Gasteiger partial charge in [-0.2, -0.15) is 0 Å². The van der Waals surface area contributed by atoms with Crippen molar-refractivity contribution < 1.29 is 66.0 Å². The third-order valence-electron chi connectivity index (χ3n) is 13.1. The summed E-state index contributed by atoms with van der Waals surface area (Å²) >= 11 is 2.10. The van der Waals surface area contributed by atoms with Crippen molar-refractivity contribution in [1.82, 2.24) is 5.32 Å². The van der Waals surface area contributed by atoms with E-state index in [0.29, 0.717) is 18.4 Å². The van der Waals surface area contributed by atoms with Crippen molar-refractivity contribution in [3.8, 4) is 0 Å². The summed E-state index contributed by atoms with van der Waals surface area (Å²) < 4.78 is 64.6. The first-order chi connectivity index (χ1) is 34.7. The van der Waals surface area contributed by atoms with E-state index >= 15 is 0 Å². The highest BCUT2D eigenvalue weighted by Gasteiger charge is 2.48. The molecule has 1 aromatic rings. The average Bonchev–Trinajstić information content (AvgIpc) is 3.34. The predicted molar refractivity (Wildman–Crippen MR) is 287 cm³/mol. The van der Waals surface area contributed by atoms with Crippen LogP contribution in [0, 0.1) is 3.57 Å². The van der Waals surface area contributed by atoms with Gasteiger partial charge in [0.05, 0.1) is 28.9 Å². The van der Waals surface area contributed by atoms with Crippen molar-refractivity contribution in [2.24, 2.45) is 0 Å². The number of halogens is 1. The molecular formula is C55H93INO14S-. The fourth-order valence-electron chi connectivity index (χ4n) is 8.82. The van der Waals surface area contributed by atoms with Gasteiger partial charge in [0.2, 0.25) is 0 Å². The van der Waals surface area contributed by atoms with Gasteiger partial charge in [0, 0.05) is 28.5 Å². The van der Waals surface area contributed by atoms with Crippen molar-refractivity contribution in [2.75, 3.05) is 25.5 Å². The topological polar surface area (TPSA) is 224 Å². The summed E-state index contributed by atoms with van der Waals surface area (Å²) in [7, 11) is -5.03. The van der Waals surface area contributed by atoms with Gasteiger partial charge in [-0.1, -0.05) is 194 Å². The molecule has 2 rings (SSSR count). The van der Waals surface area contributed by atoms with Crippen LogP contribution in [0.5, 0.6) is 0 Å². The summed E-state index contributed by atoms with van der Waals surface area (Å²) in [6, 6.07) is 6.71. The minimum atomic E-state index is -5.03. The molecule has 1 heterocycles. The van der Waals surface area contributed by atoms with Crippen LogP contribution in [0.2, 0.25) is 0 Å². The number of amides is 1.